The topological polar surface area (TPSA) is 64.1 Å². The Labute approximate surface area is 113 Å². The maximum Gasteiger partial charge on any atom is 0.295 e. The zero-order valence-electron chi connectivity index (χ0n) is 11.4. The minimum atomic E-state index is 0.610. The Hall–Kier alpha value is -1.71. The van der Waals surface area contributed by atoms with Crippen LogP contribution >= 0.6 is 0 Å². The van der Waals surface area contributed by atoms with Crippen molar-refractivity contribution in [2.75, 3.05) is 17.6 Å². The smallest absolute Gasteiger partial charge is 0.295 e. The first-order valence-electron chi connectivity index (χ1n) is 7.10. The molecule has 1 fully saturated rings. The molecule has 3 rings (SSSR count). The zero-order chi connectivity index (χ0) is 13.2. The minimum Gasteiger partial charge on any atom is -0.424 e. The molecule has 2 aromatic rings. The van der Waals surface area contributed by atoms with Gasteiger partial charge in [0.25, 0.3) is 6.01 Å². The van der Waals surface area contributed by atoms with E-state index in [1.807, 2.05) is 18.2 Å². The second-order valence-electron chi connectivity index (χ2n) is 5.76. The standard InChI is InChI=1S/C15H21N3O/c1-10-3-2-4-11(7-10)9-17-15-18-13-8-12(16)5-6-14(13)19-15/h5-6,8,10-11H,2-4,7,9,16H2,1H3,(H,17,18). The van der Waals surface area contributed by atoms with E-state index in [0.717, 1.165) is 29.5 Å². The zero-order valence-corrected chi connectivity index (χ0v) is 11.4. The Morgan fingerprint density at radius 3 is 3.16 bits per heavy atom. The van der Waals surface area contributed by atoms with Crippen LogP contribution in [-0.2, 0) is 0 Å². The number of nitrogens with one attached hydrogen (secondary N) is 1. The number of aromatic nitrogens is 1. The first-order valence-corrected chi connectivity index (χ1v) is 7.10. The Kier molecular flexibility index (Phi) is 3.32. The van der Waals surface area contributed by atoms with Gasteiger partial charge in [0.1, 0.15) is 5.52 Å². The predicted molar refractivity (Wildman–Crippen MR) is 78.0 cm³/mol. The maximum absolute atomic E-state index is 5.74. The lowest BCUT2D eigenvalue weighted by atomic mass is 9.82. The van der Waals surface area contributed by atoms with E-state index in [9.17, 15) is 0 Å². The van der Waals surface area contributed by atoms with Crippen LogP contribution in [0.3, 0.4) is 0 Å². The fourth-order valence-corrected chi connectivity index (χ4v) is 3.00. The van der Waals surface area contributed by atoms with Gasteiger partial charge in [0, 0.05) is 12.2 Å². The van der Waals surface area contributed by atoms with Gasteiger partial charge < -0.3 is 15.5 Å². The van der Waals surface area contributed by atoms with Gasteiger partial charge >= 0.3 is 0 Å². The van der Waals surface area contributed by atoms with Crippen molar-refractivity contribution in [3.63, 3.8) is 0 Å². The number of hydrogen-bond donors (Lipinski definition) is 2. The van der Waals surface area contributed by atoms with Crippen molar-refractivity contribution in [1.29, 1.82) is 0 Å². The number of nitrogen functional groups attached to an aromatic ring is 1. The molecular weight excluding hydrogens is 238 g/mol. The third-order valence-electron chi connectivity index (χ3n) is 4.00. The summed E-state index contributed by atoms with van der Waals surface area (Å²) in [6.07, 6.45) is 5.33. The third kappa shape index (κ3) is 2.83. The van der Waals surface area contributed by atoms with Crippen molar-refractivity contribution < 1.29 is 4.42 Å². The van der Waals surface area contributed by atoms with Gasteiger partial charge in [-0.15, -0.1) is 0 Å². The van der Waals surface area contributed by atoms with E-state index in [0.29, 0.717) is 11.7 Å². The molecule has 1 aromatic carbocycles. The van der Waals surface area contributed by atoms with Gasteiger partial charge in [-0.1, -0.05) is 19.8 Å². The van der Waals surface area contributed by atoms with Crippen LogP contribution in [0.25, 0.3) is 11.1 Å². The van der Waals surface area contributed by atoms with Crippen molar-refractivity contribution in [2.24, 2.45) is 11.8 Å². The summed E-state index contributed by atoms with van der Waals surface area (Å²) in [4.78, 5) is 4.42. The average Bonchev–Trinajstić information content (AvgIpc) is 2.78. The molecule has 4 nitrogen and oxygen atoms in total. The summed E-state index contributed by atoms with van der Waals surface area (Å²) in [5, 5.41) is 3.33. The van der Waals surface area contributed by atoms with Crippen molar-refractivity contribution >= 4 is 22.8 Å². The highest BCUT2D eigenvalue weighted by atomic mass is 16.4. The number of fused-ring (bicyclic) bond motifs is 1. The fraction of sp³-hybridized carbons (Fsp3) is 0.533. The molecule has 2 unspecified atom stereocenters. The maximum atomic E-state index is 5.74. The Balaban J connectivity index is 1.65. The van der Waals surface area contributed by atoms with E-state index in [1.54, 1.807) is 0 Å². The molecule has 0 bridgehead atoms. The van der Waals surface area contributed by atoms with Crippen LogP contribution in [0.4, 0.5) is 11.7 Å². The van der Waals surface area contributed by atoms with Crippen LogP contribution in [0.2, 0.25) is 0 Å². The van der Waals surface area contributed by atoms with Crippen molar-refractivity contribution in [1.82, 2.24) is 4.98 Å². The van der Waals surface area contributed by atoms with Crippen molar-refractivity contribution in [3.8, 4) is 0 Å². The van der Waals surface area contributed by atoms with Gasteiger partial charge in [-0.25, -0.2) is 0 Å². The van der Waals surface area contributed by atoms with Gasteiger partial charge in [-0.2, -0.15) is 4.98 Å². The minimum absolute atomic E-state index is 0.610. The van der Waals surface area contributed by atoms with Crippen LogP contribution < -0.4 is 11.1 Å². The van der Waals surface area contributed by atoms with E-state index in [1.165, 1.54) is 25.7 Å². The van der Waals surface area contributed by atoms with E-state index in [2.05, 4.69) is 17.2 Å². The summed E-state index contributed by atoms with van der Waals surface area (Å²) in [6, 6.07) is 6.15. The molecule has 3 N–H and O–H groups in total. The first kappa shape index (κ1) is 12.3. The van der Waals surface area contributed by atoms with Gasteiger partial charge in [0.15, 0.2) is 5.58 Å². The van der Waals surface area contributed by atoms with Crippen molar-refractivity contribution in [3.05, 3.63) is 18.2 Å². The number of rotatable bonds is 3. The second kappa shape index (κ2) is 5.11. The lowest BCUT2D eigenvalue weighted by molar-refractivity contribution is 0.292. The molecule has 1 heterocycles. The molecular formula is C15H21N3O. The van der Waals surface area contributed by atoms with Crippen LogP contribution in [0.15, 0.2) is 22.6 Å². The molecule has 0 amide bonds. The van der Waals surface area contributed by atoms with Crippen LogP contribution in [0.1, 0.15) is 32.6 Å². The van der Waals surface area contributed by atoms with Crippen LogP contribution in [0.5, 0.6) is 0 Å². The van der Waals surface area contributed by atoms with E-state index < -0.39 is 0 Å². The number of nitrogens with two attached hydrogens (primary N) is 1. The number of nitrogens with zero attached hydrogens (tertiary/aromatic N) is 1. The number of hydrogen-bond acceptors (Lipinski definition) is 4. The molecule has 2 atom stereocenters. The van der Waals surface area contributed by atoms with Gasteiger partial charge in [0.05, 0.1) is 0 Å². The normalized spacial score (nSPS) is 23.6. The molecule has 1 aromatic heterocycles. The molecule has 1 aliphatic carbocycles. The average molecular weight is 259 g/mol. The first-order chi connectivity index (χ1) is 9.20. The molecule has 0 aliphatic heterocycles. The summed E-state index contributed by atoms with van der Waals surface area (Å²) in [7, 11) is 0. The monoisotopic (exact) mass is 259 g/mol. The molecule has 0 saturated heterocycles. The summed E-state index contributed by atoms with van der Waals surface area (Å²) < 4.78 is 5.66. The largest absolute Gasteiger partial charge is 0.424 e. The quantitative estimate of drug-likeness (QED) is 0.826. The fourth-order valence-electron chi connectivity index (χ4n) is 3.00. The van der Waals surface area contributed by atoms with Gasteiger partial charge in [0.2, 0.25) is 0 Å². The third-order valence-corrected chi connectivity index (χ3v) is 4.00. The van der Waals surface area contributed by atoms with E-state index in [4.69, 9.17) is 10.2 Å². The van der Waals surface area contributed by atoms with Crippen molar-refractivity contribution in [2.45, 2.75) is 32.6 Å². The number of oxazole rings is 1. The molecule has 0 spiro atoms. The summed E-state index contributed by atoms with van der Waals surface area (Å²) in [6.45, 7) is 3.29. The Bertz CT molecular complexity index is 564. The summed E-state index contributed by atoms with van der Waals surface area (Å²) in [5.41, 5.74) is 8.06. The molecule has 102 valence electrons. The van der Waals surface area contributed by atoms with E-state index in [-0.39, 0.29) is 0 Å². The Morgan fingerprint density at radius 2 is 2.32 bits per heavy atom. The second-order valence-corrected chi connectivity index (χ2v) is 5.76. The highest BCUT2D eigenvalue weighted by Gasteiger charge is 2.19. The van der Waals surface area contributed by atoms with Gasteiger partial charge in [-0.05, 0) is 42.9 Å². The predicted octanol–water partition coefficient (Wildman–Crippen LogP) is 3.65. The highest BCUT2D eigenvalue weighted by Crippen LogP contribution is 2.29. The van der Waals surface area contributed by atoms with Crippen LogP contribution in [0, 0.1) is 11.8 Å². The number of benzene rings is 1. The lowest BCUT2D eigenvalue weighted by Crippen LogP contribution is -2.21. The molecule has 0 radical (unpaired) electrons. The van der Waals surface area contributed by atoms with Gasteiger partial charge in [-0.3, -0.25) is 0 Å². The summed E-state index contributed by atoms with van der Waals surface area (Å²) in [5.74, 6) is 1.59. The Morgan fingerprint density at radius 1 is 1.42 bits per heavy atom. The SMILES string of the molecule is CC1CCCC(CNc2nc3cc(N)ccc3o2)C1. The highest BCUT2D eigenvalue weighted by molar-refractivity contribution is 5.78. The van der Waals surface area contributed by atoms with E-state index >= 15 is 0 Å². The lowest BCUT2D eigenvalue weighted by Gasteiger charge is -2.26. The summed E-state index contributed by atoms with van der Waals surface area (Å²) >= 11 is 0. The molecule has 19 heavy (non-hydrogen) atoms. The van der Waals surface area contributed by atoms with Crippen LogP contribution in [-0.4, -0.2) is 11.5 Å². The molecule has 1 saturated carbocycles. The molecule has 4 heteroatoms. The molecule has 1 aliphatic rings. The number of anilines is 2.